The Morgan fingerprint density at radius 3 is 2.94 bits per heavy atom. The van der Waals surface area contributed by atoms with Gasteiger partial charge in [0, 0.05) is 15.1 Å². The summed E-state index contributed by atoms with van der Waals surface area (Å²) >= 11 is 4.89. The second-order valence-electron chi connectivity index (χ2n) is 4.40. The Kier molecular flexibility index (Phi) is 4.70. The first-order valence-corrected chi connectivity index (χ1v) is 7.65. The molecule has 2 rings (SSSR count). The zero-order valence-electron chi connectivity index (χ0n) is 10.1. The summed E-state index contributed by atoms with van der Waals surface area (Å²) in [6, 6.07) is 5.42. The molecule has 1 N–H and O–H groups in total. The molecule has 0 aromatic heterocycles. The average Bonchev–Trinajstić information content (AvgIpc) is 2.74. The van der Waals surface area contributed by atoms with E-state index in [0.29, 0.717) is 22.2 Å². The zero-order valence-corrected chi connectivity index (χ0v) is 12.5. The molecule has 2 unspecified atom stereocenters. The highest BCUT2D eigenvalue weighted by Crippen LogP contribution is 2.29. The molecule has 0 bridgehead atoms. The number of thioether (sulfide) groups is 1. The second-order valence-corrected chi connectivity index (χ2v) is 6.35. The molecular formula is C13H15BrO3S. The zero-order chi connectivity index (χ0) is 13.1. The Morgan fingerprint density at radius 1 is 1.56 bits per heavy atom. The van der Waals surface area contributed by atoms with Crippen molar-refractivity contribution in [2.45, 2.75) is 36.9 Å². The Labute approximate surface area is 119 Å². The van der Waals surface area contributed by atoms with Gasteiger partial charge in [-0.25, -0.2) is 4.79 Å². The van der Waals surface area contributed by atoms with Crippen LogP contribution in [0.2, 0.25) is 0 Å². The van der Waals surface area contributed by atoms with Crippen LogP contribution in [0.1, 0.15) is 30.1 Å². The van der Waals surface area contributed by atoms with Crippen molar-refractivity contribution in [1.29, 1.82) is 0 Å². The van der Waals surface area contributed by atoms with E-state index < -0.39 is 5.97 Å². The standard InChI is InChI=1S/C13H15BrO3S/c1-8-2-3-9(17-8)7-18-10-4-5-12(14)11(6-10)13(15)16/h4-6,8-9H,2-3,7H2,1H3,(H,15,16). The van der Waals surface area contributed by atoms with Crippen molar-refractivity contribution in [3.8, 4) is 0 Å². The van der Waals surface area contributed by atoms with Crippen molar-refractivity contribution in [3.63, 3.8) is 0 Å². The minimum Gasteiger partial charge on any atom is -0.478 e. The SMILES string of the molecule is CC1CCC(CSc2ccc(Br)c(C(=O)O)c2)O1. The number of carboxylic acids is 1. The van der Waals surface area contributed by atoms with Gasteiger partial charge in [-0.3, -0.25) is 0 Å². The van der Waals surface area contributed by atoms with Crippen molar-refractivity contribution < 1.29 is 14.6 Å². The molecule has 0 spiro atoms. The Bertz CT molecular complexity index is 450. The van der Waals surface area contributed by atoms with Crippen LogP contribution in [0.25, 0.3) is 0 Å². The average molecular weight is 331 g/mol. The molecule has 98 valence electrons. The molecule has 5 heteroatoms. The van der Waals surface area contributed by atoms with Gasteiger partial charge in [0.2, 0.25) is 0 Å². The molecule has 3 nitrogen and oxygen atoms in total. The maximum atomic E-state index is 11.0. The van der Waals surface area contributed by atoms with Gasteiger partial charge in [0.15, 0.2) is 0 Å². The second kappa shape index (κ2) is 6.08. The molecule has 0 saturated carbocycles. The predicted molar refractivity (Wildman–Crippen MR) is 75.4 cm³/mol. The van der Waals surface area contributed by atoms with Gasteiger partial charge in [0.05, 0.1) is 17.8 Å². The van der Waals surface area contributed by atoms with Gasteiger partial charge in [-0.05, 0) is 53.9 Å². The van der Waals surface area contributed by atoms with E-state index in [1.54, 1.807) is 23.9 Å². The molecule has 0 amide bonds. The van der Waals surface area contributed by atoms with Crippen molar-refractivity contribution in [2.24, 2.45) is 0 Å². The minimum absolute atomic E-state index is 0.293. The molecule has 1 aliphatic rings. The van der Waals surface area contributed by atoms with E-state index in [0.717, 1.165) is 23.5 Å². The summed E-state index contributed by atoms with van der Waals surface area (Å²) in [5.41, 5.74) is 0.306. The summed E-state index contributed by atoms with van der Waals surface area (Å²) in [6.07, 6.45) is 2.86. The van der Waals surface area contributed by atoms with E-state index in [4.69, 9.17) is 9.84 Å². The largest absolute Gasteiger partial charge is 0.478 e. The molecule has 1 aromatic carbocycles. The number of carbonyl (C=O) groups is 1. The van der Waals surface area contributed by atoms with Gasteiger partial charge in [0.25, 0.3) is 0 Å². The fourth-order valence-electron chi connectivity index (χ4n) is 1.96. The van der Waals surface area contributed by atoms with Crippen LogP contribution in [-0.4, -0.2) is 29.0 Å². The quantitative estimate of drug-likeness (QED) is 0.853. The molecular weight excluding hydrogens is 316 g/mol. The Morgan fingerprint density at radius 2 is 2.33 bits per heavy atom. The molecule has 1 fully saturated rings. The minimum atomic E-state index is -0.907. The van der Waals surface area contributed by atoms with Crippen LogP contribution in [0, 0.1) is 0 Å². The number of carboxylic acid groups (broad SMARTS) is 1. The van der Waals surface area contributed by atoms with Gasteiger partial charge >= 0.3 is 5.97 Å². The fourth-order valence-corrected chi connectivity index (χ4v) is 3.36. The normalized spacial score (nSPS) is 23.2. The number of ether oxygens (including phenoxy) is 1. The molecule has 1 heterocycles. The molecule has 0 aliphatic carbocycles. The first kappa shape index (κ1) is 13.9. The molecule has 18 heavy (non-hydrogen) atoms. The van der Waals surface area contributed by atoms with E-state index in [1.807, 2.05) is 6.07 Å². The number of hydrogen-bond acceptors (Lipinski definition) is 3. The molecule has 1 saturated heterocycles. The molecule has 1 aliphatic heterocycles. The van der Waals surface area contributed by atoms with Crippen LogP contribution in [0.5, 0.6) is 0 Å². The highest BCUT2D eigenvalue weighted by Gasteiger charge is 2.21. The Hall–Kier alpha value is -0.520. The van der Waals surface area contributed by atoms with Crippen molar-refractivity contribution in [1.82, 2.24) is 0 Å². The van der Waals surface area contributed by atoms with Gasteiger partial charge in [0.1, 0.15) is 0 Å². The van der Waals surface area contributed by atoms with Gasteiger partial charge in [-0.15, -0.1) is 11.8 Å². The van der Waals surface area contributed by atoms with E-state index in [-0.39, 0.29) is 0 Å². The number of rotatable bonds is 4. The highest BCUT2D eigenvalue weighted by atomic mass is 79.9. The smallest absolute Gasteiger partial charge is 0.336 e. The van der Waals surface area contributed by atoms with Gasteiger partial charge in [-0.2, -0.15) is 0 Å². The van der Waals surface area contributed by atoms with Crippen molar-refractivity contribution >= 4 is 33.7 Å². The van der Waals surface area contributed by atoms with E-state index >= 15 is 0 Å². The first-order chi connectivity index (χ1) is 8.56. The maximum absolute atomic E-state index is 11.0. The first-order valence-electron chi connectivity index (χ1n) is 5.87. The van der Waals surface area contributed by atoms with Crippen LogP contribution in [0.3, 0.4) is 0 Å². The third-order valence-corrected chi connectivity index (χ3v) is 4.74. The lowest BCUT2D eigenvalue weighted by molar-refractivity contribution is 0.0693. The van der Waals surface area contributed by atoms with Crippen molar-refractivity contribution in [3.05, 3.63) is 28.2 Å². The van der Waals surface area contributed by atoms with E-state index in [2.05, 4.69) is 22.9 Å². The van der Waals surface area contributed by atoms with E-state index in [9.17, 15) is 4.79 Å². The fraction of sp³-hybridized carbons (Fsp3) is 0.462. The summed E-state index contributed by atoms with van der Waals surface area (Å²) in [5.74, 6) is -0.0274. The lowest BCUT2D eigenvalue weighted by Gasteiger charge is -2.11. The highest BCUT2D eigenvalue weighted by molar-refractivity contribution is 9.10. The van der Waals surface area contributed by atoms with Crippen molar-refractivity contribution in [2.75, 3.05) is 5.75 Å². The summed E-state index contributed by atoms with van der Waals surface area (Å²) in [4.78, 5) is 12.0. The Balaban J connectivity index is 1.97. The van der Waals surface area contributed by atoms with Gasteiger partial charge < -0.3 is 9.84 Å². The monoisotopic (exact) mass is 330 g/mol. The van der Waals surface area contributed by atoms with Gasteiger partial charge in [-0.1, -0.05) is 0 Å². The maximum Gasteiger partial charge on any atom is 0.336 e. The molecule has 1 aromatic rings. The predicted octanol–water partition coefficient (Wildman–Crippen LogP) is 3.81. The number of aromatic carboxylic acids is 1. The van der Waals surface area contributed by atoms with Crippen LogP contribution >= 0.6 is 27.7 Å². The molecule has 0 radical (unpaired) electrons. The van der Waals surface area contributed by atoms with Crippen LogP contribution < -0.4 is 0 Å². The van der Waals surface area contributed by atoms with E-state index in [1.165, 1.54) is 0 Å². The van der Waals surface area contributed by atoms with Crippen LogP contribution in [-0.2, 0) is 4.74 Å². The topological polar surface area (TPSA) is 46.5 Å². The number of hydrogen-bond donors (Lipinski definition) is 1. The number of benzene rings is 1. The lowest BCUT2D eigenvalue weighted by atomic mass is 10.2. The third-order valence-electron chi connectivity index (χ3n) is 2.92. The van der Waals surface area contributed by atoms with Crippen LogP contribution in [0.15, 0.2) is 27.6 Å². The summed E-state index contributed by atoms with van der Waals surface area (Å²) in [6.45, 7) is 2.09. The number of halogens is 1. The van der Waals surface area contributed by atoms with Crippen LogP contribution in [0.4, 0.5) is 0 Å². The summed E-state index contributed by atoms with van der Waals surface area (Å²) < 4.78 is 6.35. The summed E-state index contributed by atoms with van der Waals surface area (Å²) in [5, 5.41) is 9.04. The third kappa shape index (κ3) is 3.49. The lowest BCUT2D eigenvalue weighted by Crippen LogP contribution is -2.10. The molecule has 2 atom stereocenters. The summed E-state index contributed by atoms with van der Waals surface area (Å²) in [7, 11) is 0.